The van der Waals surface area contributed by atoms with Crippen LogP contribution in [0.15, 0.2) is 18.2 Å². The second-order valence-corrected chi connectivity index (χ2v) is 4.75. The van der Waals surface area contributed by atoms with Crippen molar-refractivity contribution < 1.29 is 9.53 Å². The van der Waals surface area contributed by atoms with Crippen molar-refractivity contribution in [2.45, 2.75) is 32.5 Å². The Morgan fingerprint density at radius 2 is 2.17 bits per heavy atom. The van der Waals surface area contributed by atoms with Crippen LogP contribution in [0.5, 0.6) is 5.75 Å². The number of benzene rings is 1. The lowest BCUT2D eigenvalue weighted by Gasteiger charge is -2.13. The third-order valence-electron chi connectivity index (χ3n) is 2.83. The summed E-state index contributed by atoms with van der Waals surface area (Å²) in [6, 6.07) is 5.71. The molecule has 0 saturated carbocycles. The normalized spacial score (nSPS) is 12.0. The van der Waals surface area contributed by atoms with Gasteiger partial charge in [-0.25, -0.2) is 0 Å². The van der Waals surface area contributed by atoms with E-state index in [-0.39, 0.29) is 11.8 Å². The van der Waals surface area contributed by atoms with E-state index in [2.05, 4.69) is 21.2 Å². The molecule has 18 heavy (non-hydrogen) atoms. The van der Waals surface area contributed by atoms with E-state index >= 15 is 0 Å². The minimum Gasteiger partial charge on any atom is -0.494 e. The summed E-state index contributed by atoms with van der Waals surface area (Å²) in [5.74, 6) is 0.946. The zero-order valence-corrected chi connectivity index (χ0v) is 12.7. The van der Waals surface area contributed by atoms with E-state index < -0.39 is 0 Å². The van der Waals surface area contributed by atoms with Crippen molar-refractivity contribution in [3.8, 4) is 5.75 Å². The van der Waals surface area contributed by atoms with Crippen LogP contribution in [0.2, 0.25) is 0 Å². The molecule has 1 aromatic carbocycles. The van der Waals surface area contributed by atoms with Crippen molar-refractivity contribution in [1.29, 1.82) is 0 Å². The molecule has 1 unspecified atom stereocenters. The van der Waals surface area contributed by atoms with Gasteiger partial charge in [-0.1, -0.05) is 29.8 Å². The Kier molecular flexibility index (Phi) is 6.19. The van der Waals surface area contributed by atoms with Gasteiger partial charge >= 0.3 is 0 Å². The van der Waals surface area contributed by atoms with E-state index in [4.69, 9.17) is 4.74 Å². The summed E-state index contributed by atoms with van der Waals surface area (Å²) in [7, 11) is 0. The molecule has 4 heteroatoms. The van der Waals surface area contributed by atoms with E-state index in [9.17, 15) is 4.79 Å². The number of hydrogen-bond acceptors (Lipinski definition) is 2. The van der Waals surface area contributed by atoms with Gasteiger partial charge in [-0.05, 0) is 31.5 Å². The maximum Gasteiger partial charge on any atom is 0.227 e. The van der Waals surface area contributed by atoms with Gasteiger partial charge in [-0.15, -0.1) is 0 Å². The van der Waals surface area contributed by atoms with Crippen LogP contribution >= 0.6 is 15.9 Å². The molecule has 0 fully saturated rings. The summed E-state index contributed by atoms with van der Waals surface area (Å²) in [5.41, 5.74) is 1.86. The van der Waals surface area contributed by atoms with Gasteiger partial charge in [0.25, 0.3) is 0 Å². The van der Waals surface area contributed by atoms with E-state index in [0.717, 1.165) is 23.4 Å². The molecule has 0 saturated heterocycles. The molecule has 1 N–H and O–H groups in total. The highest BCUT2D eigenvalue weighted by Crippen LogP contribution is 2.25. The molecule has 3 nitrogen and oxygen atoms in total. The van der Waals surface area contributed by atoms with Gasteiger partial charge in [-0.3, -0.25) is 4.79 Å². The Balaban J connectivity index is 2.82. The largest absolute Gasteiger partial charge is 0.494 e. The SMILES string of the molecule is CCOc1ccc(NC(=O)C(C)CC)cc1CBr. The molecule has 0 spiro atoms. The van der Waals surface area contributed by atoms with Crippen LogP contribution in [0.3, 0.4) is 0 Å². The Morgan fingerprint density at radius 3 is 2.72 bits per heavy atom. The van der Waals surface area contributed by atoms with Gasteiger partial charge in [0, 0.05) is 22.5 Å². The van der Waals surface area contributed by atoms with Crippen LogP contribution in [0.1, 0.15) is 32.8 Å². The number of nitrogens with one attached hydrogen (secondary N) is 1. The molecule has 0 bridgehead atoms. The van der Waals surface area contributed by atoms with Crippen molar-refractivity contribution >= 4 is 27.5 Å². The average Bonchev–Trinajstić information content (AvgIpc) is 2.39. The summed E-state index contributed by atoms with van der Waals surface area (Å²) in [5, 5.41) is 3.63. The first-order valence-corrected chi connectivity index (χ1v) is 7.37. The number of ether oxygens (including phenoxy) is 1. The zero-order chi connectivity index (χ0) is 13.5. The second kappa shape index (κ2) is 7.41. The molecule has 1 rings (SSSR count). The van der Waals surface area contributed by atoms with Crippen LogP contribution in [0, 0.1) is 5.92 Å². The van der Waals surface area contributed by atoms with E-state index in [0.29, 0.717) is 11.9 Å². The van der Waals surface area contributed by atoms with Gasteiger partial charge in [-0.2, -0.15) is 0 Å². The molecule has 1 aromatic rings. The fourth-order valence-electron chi connectivity index (χ4n) is 1.51. The molecular weight excluding hydrogens is 294 g/mol. The third-order valence-corrected chi connectivity index (χ3v) is 3.44. The molecule has 0 aromatic heterocycles. The number of carbonyl (C=O) groups excluding carboxylic acids is 1. The van der Waals surface area contributed by atoms with Crippen LogP contribution in [-0.2, 0) is 10.1 Å². The zero-order valence-electron chi connectivity index (χ0n) is 11.1. The average molecular weight is 314 g/mol. The van der Waals surface area contributed by atoms with Crippen molar-refractivity contribution in [2.24, 2.45) is 5.92 Å². The Labute approximate surface area is 117 Å². The highest BCUT2D eigenvalue weighted by Gasteiger charge is 2.11. The Hall–Kier alpha value is -1.03. The third kappa shape index (κ3) is 4.02. The number of amides is 1. The lowest BCUT2D eigenvalue weighted by molar-refractivity contribution is -0.119. The fraction of sp³-hybridized carbons (Fsp3) is 0.500. The smallest absolute Gasteiger partial charge is 0.227 e. The lowest BCUT2D eigenvalue weighted by atomic mass is 10.1. The van der Waals surface area contributed by atoms with Crippen LogP contribution < -0.4 is 10.1 Å². The van der Waals surface area contributed by atoms with E-state index in [1.807, 2.05) is 39.0 Å². The molecule has 0 radical (unpaired) electrons. The summed E-state index contributed by atoms with van der Waals surface area (Å²) in [6.07, 6.45) is 0.841. The first-order chi connectivity index (χ1) is 8.62. The monoisotopic (exact) mass is 313 g/mol. The van der Waals surface area contributed by atoms with Crippen molar-refractivity contribution in [3.63, 3.8) is 0 Å². The predicted octanol–water partition coefficient (Wildman–Crippen LogP) is 3.96. The fourth-order valence-corrected chi connectivity index (χ4v) is 1.95. The van der Waals surface area contributed by atoms with E-state index in [1.54, 1.807) is 0 Å². The number of rotatable bonds is 6. The number of alkyl halides is 1. The van der Waals surface area contributed by atoms with Gasteiger partial charge in [0.1, 0.15) is 5.75 Å². The summed E-state index contributed by atoms with van der Waals surface area (Å²) >= 11 is 3.43. The summed E-state index contributed by atoms with van der Waals surface area (Å²) in [6.45, 7) is 6.52. The Bertz CT molecular complexity index is 407. The molecule has 0 aliphatic carbocycles. The van der Waals surface area contributed by atoms with Crippen LogP contribution in [-0.4, -0.2) is 12.5 Å². The van der Waals surface area contributed by atoms with Crippen LogP contribution in [0.4, 0.5) is 5.69 Å². The number of anilines is 1. The molecule has 100 valence electrons. The first-order valence-electron chi connectivity index (χ1n) is 6.24. The standard InChI is InChI=1S/C14H20BrNO2/c1-4-10(3)14(17)16-12-6-7-13(18-5-2)11(8-12)9-15/h6-8,10H,4-5,9H2,1-3H3,(H,16,17). The first kappa shape index (κ1) is 15.0. The highest BCUT2D eigenvalue weighted by atomic mass is 79.9. The Morgan fingerprint density at radius 1 is 1.44 bits per heavy atom. The second-order valence-electron chi connectivity index (χ2n) is 4.19. The number of carbonyl (C=O) groups is 1. The van der Waals surface area contributed by atoms with Gasteiger partial charge in [0.15, 0.2) is 0 Å². The lowest BCUT2D eigenvalue weighted by Crippen LogP contribution is -2.19. The minimum absolute atomic E-state index is 0.0315. The van der Waals surface area contributed by atoms with Crippen molar-refractivity contribution in [2.75, 3.05) is 11.9 Å². The number of hydrogen-bond donors (Lipinski definition) is 1. The minimum atomic E-state index is 0.0315. The maximum atomic E-state index is 11.8. The van der Waals surface area contributed by atoms with Crippen molar-refractivity contribution in [3.05, 3.63) is 23.8 Å². The molecular formula is C14H20BrNO2. The molecule has 1 atom stereocenters. The van der Waals surface area contributed by atoms with Gasteiger partial charge in [0.05, 0.1) is 6.61 Å². The highest BCUT2D eigenvalue weighted by molar-refractivity contribution is 9.08. The maximum absolute atomic E-state index is 11.8. The summed E-state index contributed by atoms with van der Waals surface area (Å²) < 4.78 is 5.51. The molecule has 0 aliphatic heterocycles. The topological polar surface area (TPSA) is 38.3 Å². The van der Waals surface area contributed by atoms with E-state index in [1.165, 1.54) is 0 Å². The van der Waals surface area contributed by atoms with Gasteiger partial charge in [0.2, 0.25) is 5.91 Å². The molecule has 0 heterocycles. The molecule has 0 aliphatic rings. The number of halogens is 1. The van der Waals surface area contributed by atoms with Crippen molar-refractivity contribution in [1.82, 2.24) is 0 Å². The van der Waals surface area contributed by atoms with Gasteiger partial charge < -0.3 is 10.1 Å². The van der Waals surface area contributed by atoms with Crippen LogP contribution in [0.25, 0.3) is 0 Å². The molecule has 1 amide bonds. The predicted molar refractivity (Wildman–Crippen MR) is 78.3 cm³/mol. The quantitative estimate of drug-likeness (QED) is 0.807. The summed E-state index contributed by atoms with van der Waals surface area (Å²) in [4.78, 5) is 11.8.